The zero-order valence-electron chi connectivity index (χ0n) is 6.30. The lowest BCUT2D eigenvalue weighted by Gasteiger charge is -2.14. The van der Waals surface area contributed by atoms with Crippen molar-refractivity contribution in [1.29, 1.82) is 0 Å². The predicted octanol–water partition coefficient (Wildman–Crippen LogP) is 3.80. The topological polar surface area (TPSA) is 37.3 Å². The Morgan fingerprint density at radius 2 is 1.77 bits per heavy atom. The third-order valence-electron chi connectivity index (χ3n) is 1.46. The molecule has 1 aromatic carbocycles. The van der Waals surface area contributed by atoms with Crippen LogP contribution in [0, 0.1) is 0 Å². The van der Waals surface area contributed by atoms with Crippen molar-refractivity contribution in [3.8, 4) is 0 Å². The maximum absolute atomic E-state index is 10.9. The van der Waals surface area contributed by atoms with Gasteiger partial charge in [-0.05, 0) is 73.8 Å². The van der Waals surface area contributed by atoms with Crippen LogP contribution >= 0.6 is 67.8 Å². The second-order valence-electron chi connectivity index (χ2n) is 2.35. The van der Waals surface area contributed by atoms with Crippen LogP contribution in [0.15, 0.2) is 24.3 Å². The molecule has 0 heterocycles. The number of hydrogen-bond acceptors (Lipinski definition) is 1. The first-order chi connectivity index (χ1) is 5.93. The van der Waals surface area contributed by atoms with E-state index in [1.165, 1.54) is 0 Å². The van der Waals surface area contributed by atoms with Gasteiger partial charge in [0.15, 0.2) is 0 Å². The standard InChI is InChI=1S/C8H5I3O2/c9-8(10,11)6-4-2-1-3-5(6)7(12)13/h1-4H,(H,12,13). The molecule has 70 valence electrons. The number of carboxylic acid groups (broad SMARTS) is 1. The van der Waals surface area contributed by atoms with Crippen molar-refractivity contribution in [3.05, 3.63) is 35.4 Å². The predicted molar refractivity (Wildman–Crippen MR) is 77.1 cm³/mol. The van der Waals surface area contributed by atoms with Gasteiger partial charge in [-0.25, -0.2) is 4.79 Å². The average Bonchev–Trinajstić information content (AvgIpc) is 2.03. The van der Waals surface area contributed by atoms with Gasteiger partial charge in [0.25, 0.3) is 0 Å². The van der Waals surface area contributed by atoms with E-state index in [4.69, 9.17) is 5.11 Å². The molecular formula is C8H5I3O2. The minimum Gasteiger partial charge on any atom is -0.478 e. The maximum Gasteiger partial charge on any atom is 0.336 e. The third-order valence-corrected chi connectivity index (χ3v) is 3.21. The maximum atomic E-state index is 10.9. The highest BCUT2D eigenvalue weighted by Gasteiger charge is 2.25. The minimum absolute atomic E-state index is 0.206. The summed E-state index contributed by atoms with van der Waals surface area (Å²) in [7, 11) is 0. The number of rotatable bonds is 2. The third kappa shape index (κ3) is 3.18. The zero-order valence-corrected chi connectivity index (χ0v) is 12.8. The van der Waals surface area contributed by atoms with E-state index in [0.29, 0.717) is 5.56 Å². The van der Waals surface area contributed by atoms with Crippen LogP contribution in [-0.4, -0.2) is 11.1 Å². The lowest BCUT2D eigenvalue weighted by Crippen LogP contribution is -2.07. The summed E-state index contributed by atoms with van der Waals surface area (Å²) < 4.78 is -0.206. The molecule has 5 heteroatoms. The molecule has 0 bridgehead atoms. The van der Waals surface area contributed by atoms with Crippen molar-refractivity contribution < 1.29 is 9.90 Å². The fourth-order valence-corrected chi connectivity index (χ4v) is 2.33. The van der Waals surface area contributed by atoms with Crippen LogP contribution in [0.25, 0.3) is 0 Å². The largest absolute Gasteiger partial charge is 0.478 e. The van der Waals surface area contributed by atoms with E-state index in [-0.39, 0.29) is -0.565 Å². The monoisotopic (exact) mass is 514 g/mol. The Hall–Kier alpha value is 0.880. The quantitative estimate of drug-likeness (QED) is 0.483. The van der Waals surface area contributed by atoms with E-state index in [9.17, 15) is 4.79 Å². The molecule has 0 aliphatic rings. The van der Waals surface area contributed by atoms with E-state index in [0.717, 1.165) is 5.56 Å². The first kappa shape index (κ1) is 12.0. The Morgan fingerprint density at radius 3 is 2.15 bits per heavy atom. The minimum atomic E-state index is -0.870. The number of halogens is 3. The molecule has 0 aliphatic heterocycles. The normalized spacial score (nSPS) is 11.3. The molecule has 0 aromatic heterocycles. The smallest absolute Gasteiger partial charge is 0.336 e. The Morgan fingerprint density at radius 1 is 1.23 bits per heavy atom. The highest BCUT2D eigenvalue weighted by Crippen LogP contribution is 2.47. The summed E-state index contributed by atoms with van der Waals surface area (Å²) in [5.41, 5.74) is 1.21. The van der Waals surface area contributed by atoms with Crippen LogP contribution in [0.4, 0.5) is 0 Å². The van der Waals surface area contributed by atoms with Crippen molar-refractivity contribution in [3.63, 3.8) is 0 Å². The summed E-state index contributed by atoms with van der Waals surface area (Å²) in [5, 5.41) is 8.92. The van der Waals surface area contributed by atoms with E-state index in [1.807, 2.05) is 12.1 Å². The molecule has 0 saturated carbocycles. The Labute approximate surface area is 117 Å². The van der Waals surface area contributed by atoms with E-state index in [2.05, 4.69) is 67.8 Å². The van der Waals surface area contributed by atoms with Gasteiger partial charge in [0.05, 0.1) is 5.56 Å². The SMILES string of the molecule is O=C(O)c1ccccc1C(I)(I)I. The van der Waals surface area contributed by atoms with Crippen molar-refractivity contribution >= 4 is 73.7 Å². The van der Waals surface area contributed by atoms with Gasteiger partial charge in [-0.3, -0.25) is 0 Å². The number of benzene rings is 1. The Balaban J connectivity index is 3.28. The number of alkyl halides is 3. The molecular weight excluding hydrogens is 509 g/mol. The Kier molecular flexibility index (Phi) is 4.23. The van der Waals surface area contributed by atoms with Crippen LogP contribution < -0.4 is 0 Å². The number of carboxylic acids is 1. The van der Waals surface area contributed by atoms with E-state index >= 15 is 0 Å². The molecule has 0 aliphatic carbocycles. The van der Waals surface area contributed by atoms with Crippen LogP contribution in [0.3, 0.4) is 0 Å². The van der Waals surface area contributed by atoms with Gasteiger partial charge in [0, 0.05) is 5.56 Å². The molecule has 0 spiro atoms. The summed E-state index contributed by atoms with van der Waals surface area (Å²) in [4.78, 5) is 10.9. The highest BCUT2D eigenvalue weighted by molar-refractivity contribution is 14.3. The molecule has 0 saturated heterocycles. The van der Waals surface area contributed by atoms with Gasteiger partial charge in [-0.1, -0.05) is 18.2 Å². The molecule has 2 nitrogen and oxygen atoms in total. The second-order valence-corrected chi connectivity index (χ2v) is 13.4. The van der Waals surface area contributed by atoms with Crippen molar-refractivity contribution in [2.24, 2.45) is 0 Å². The lowest BCUT2D eigenvalue weighted by molar-refractivity contribution is 0.0696. The summed E-state index contributed by atoms with van der Waals surface area (Å²) in [5.74, 6) is -0.870. The van der Waals surface area contributed by atoms with Crippen LogP contribution in [0.1, 0.15) is 15.9 Å². The van der Waals surface area contributed by atoms with Gasteiger partial charge in [-0.2, -0.15) is 0 Å². The molecule has 0 radical (unpaired) electrons. The summed E-state index contributed by atoms with van der Waals surface area (Å²) in [6.07, 6.45) is 0. The number of hydrogen-bond donors (Lipinski definition) is 1. The molecule has 0 unspecified atom stereocenters. The van der Waals surface area contributed by atoms with Gasteiger partial charge in [0.1, 0.15) is -0.565 Å². The summed E-state index contributed by atoms with van der Waals surface area (Å²) in [6, 6.07) is 7.06. The first-order valence-corrected chi connectivity index (χ1v) is 6.56. The van der Waals surface area contributed by atoms with Crippen LogP contribution in [-0.2, 0) is -0.565 Å². The van der Waals surface area contributed by atoms with Crippen molar-refractivity contribution in [2.45, 2.75) is -0.565 Å². The van der Waals surface area contributed by atoms with Gasteiger partial charge in [-0.15, -0.1) is 0 Å². The number of carbonyl (C=O) groups is 1. The van der Waals surface area contributed by atoms with Crippen molar-refractivity contribution in [1.82, 2.24) is 0 Å². The summed E-state index contributed by atoms with van der Waals surface area (Å²) >= 11 is 6.63. The second kappa shape index (κ2) is 4.60. The van der Waals surface area contributed by atoms with Crippen LogP contribution in [0.2, 0.25) is 0 Å². The Bertz CT molecular complexity index is 330. The molecule has 13 heavy (non-hydrogen) atoms. The van der Waals surface area contributed by atoms with Crippen molar-refractivity contribution in [2.75, 3.05) is 0 Å². The highest BCUT2D eigenvalue weighted by atomic mass is 127. The van der Waals surface area contributed by atoms with Crippen LogP contribution in [0.5, 0.6) is 0 Å². The molecule has 0 amide bonds. The van der Waals surface area contributed by atoms with Gasteiger partial charge >= 0.3 is 5.97 Å². The molecule has 1 aromatic rings. The van der Waals surface area contributed by atoms with Gasteiger partial charge in [0.2, 0.25) is 0 Å². The average molecular weight is 514 g/mol. The fourth-order valence-electron chi connectivity index (χ4n) is 0.917. The molecule has 1 N–H and O–H groups in total. The zero-order chi connectivity index (χ0) is 10.1. The molecule has 0 fully saturated rings. The molecule has 1 rings (SSSR count). The lowest BCUT2D eigenvalue weighted by atomic mass is 10.1. The van der Waals surface area contributed by atoms with E-state index in [1.54, 1.807) is 12.1 Å². The van der Waals surface area contributed by atoms with E-state index < -0.39 is 5.97 Å². The fraction of sp³-hybridized carbons (Fsp3) is 0.125. The first-order valence-electron chi connectivity index (χ1n) is 3.32. The summed E-state index contributed by atoms with van der Waals surface area (Å²) in [6.45, 7) is 0. The molecule has 0 atom stereocenters. The van der Waals surface area contributed by atoms with Gasteiger partial charge < -0.3 is 5.11 Å². The number of aromatic carboxylic acids is 1.